The SMILES string of the molecule is CNc1cc(CN2CCCC(N)C2)cc(-n2cnc(C)c2)c1.O=Cc1cc(-c2cccc(C(F)F)c2)ccn1. The van der Waals surface area contributed by atoms with E-state index in [1.54, 1.807) is 24.3 Å². The zero-order chi connectivity index (χ0) is 27.8. The maximum Gasteiger partial charge on any atom is 0.263 e. The standard InChI is InChI=1S/C17H25N5.C13H9F2NO/c1-13-9-22(12-20-13)17-7-14(6-16(8-17)19-2)10-21-5-3-4-15(18)11-21;14-13(15)11-3-1-2-9(6-11)10-4-5-16-12(7-10)8-17/h6-9,12,15,19H,3-5,10-11,18H2,1-2H3;1-8,13H. The summed E-state index contributed by atoms with van der Waals surface area (Å²) < 4.78 is 27.2. The Labute approximate surface area is 227 Å². The summed E-state index contributed by atoms with van der Waals surface area (Å²) in [7, 11) is 1.96. The van der Waals surface area contributed by atoms with Crippen LogP contribution in [0.25, 0.3) is 16.8 Å². The van der Waals surface area contributed by atoms with Gasteiger partial charge in [0, 0.05) is 55.5 Å². The Balaban J connectivity index is 0.000000187. The number of benzene rings is 2. The molecule has 39 heavy (non-hydrogen) atoms. The smallest absolute Gasteiger partial charge is 0.263 e. The van der Waals surface area contributed by atoms with E-state index in [1.807, 2.05) is 20.3 Å². The second-order valence-electron chi connectivity index (χ2n) is 9.71. The number of halogens is 2. The number of aromatic nitrogens is 3. The number of hydrogen-bond acceptors (Lipinski definition) is 6. The molecule has 0 amide bonds. The van der Waals surface area contributed by atoms with Crippen molar-refractivity contribution < 1.29 is 13.6 Å². The number of pyridine rings is 1. The van der Waals surface area contributed by atoms with Gasteiger partial charge in [0.25, 0.3) is 6.43 Å². The van der Waals surface area contributed by atoms with Gasteiger partial charge in [0.05, 0.1) is 12.0 Å². The number of alkyl halides is 2. The second-order valence-corrected chi connectivity index (χ2v) is 9.71. The molecule has 5 rings (SSSR count). The van der Waals surface area contributed by atoms with E-state index in [4.69, 9.17) is 5.73 Å². The number of imidazole rings is 1. The first-order valence-corrected chi connectivity index (χ1v) is 12.9. The molecule has 1 unspecified atom stereocenters. The summed E-state index contributed by atoms with van der Waals surface area (Å²) in [6, 6.07) is 16.2. The molecule has 204 valence electrons. The molecule has 0 spiro atoms. The maximum absolute atomic E-state index is 12.5. The van der Waals surface area contributed by atoms with Crippen LogP contribution in [0.3, 0.4) is 0 Å². The number of nitrogens with one attached hydrogen (secondary N) is 1. The van der Waals surface area contributed by atoms with Crippen LogP contribution in [0.5, 0.6) is 0 Å². The summed E-state index contributed by atoms with van der Waals surface area (Å²) in [5.41, 5.74) is 12.3. The van der Waals surface area contributed by atoms with Crippen molar-refractivity contribution in [1.29, 1.82) is 0 Å². The third-order valence-electron chi connectivity index (χ3n) is 6.60. The van der Waals surface area contributed by atoms with Crippen molar-refractivity contribution >= 4 is 12.0 Å². The van der Waals surface area contributed by atoms with Crippen molar-refractivity contribution in [2.45, 2.75) is 38.8 Å². The summed E-state index contributed by atoms with van der Waals surface area (Å²) in [6.45, 7) is 5.08. The largest absolute Gasteiger partial charge is 0.388 e. The molecule has 4 aromatic rings. The van der Waals surface area contributed by atoms with Crippen LogP contribution in [0.4, 0.5) is 14.5 Å². The summed E-state index contributed by atoms with van der Waals surface area (Å²) >= 11 is 0. The summed E-state index contributed by atoms with van der Waals surface area (Å²) in [6.07, 6.45) is 5.86. The van der Waals surface area contributed by atoms with E-state index in [9.17, 15) is 13.6 Å². The van der Waals surface area contributed by atoms with Crippen molar-refractivity contribution in [2.24, 2.45) is 5.73 Å². The Kier molecular flexibility index (Phi) is 9.51. The highest BCUT2D eigenvalue weighted by Gasteiger charge is 2.17. The van der Waals surface area contributed by atoms with Crippen LogP contribution in [-0.2, 0) is 6.54 Å². The highest BCUT2D eigenvalue weighted by atomic mass is 19.3. The first kappa shape index (κ1) is 28.1. The summed E-state index contributed by atoms with van der Waals surface area (Å²) in [4.78, 5) is 21.2. The lowest BCUT2D eigenvalue weighted by Gasteiger charge is -2.30. The van der Waals surface area contributed by atoms with Gasteiger partial charge in [0.2, 0.25) is 0 Å². The van der Waals surface area contributed by atoms with Gasteiger partial charge in [-0.1, -0.05) is 18.2 Å². The van der Waals surface area contributed by atoms with Gasteiger partial charge in [0.15, 0.2) is 6.29 Å². The number of aryl methyl sites for hydroxylation is 1. The lowest BCUT2D eigenvalue weighted by molar-refractivity contribution is 0.111. The Morgan fingerprint density at radius 1 is 1.13 bits per heavy atom. The van der Waals surface area contributed by atoms with Crippen LogP contribution in [-0.4, -0.2) is 51.9 Å². The topological polar surface area (TPSA) is 89.1 Å². The second kappa shape index (κ2) is 13.2. The van der Waals surface area contributed by atoms with Crippen LogP contribution in [0.2, 0.25) is 0 Å². The first-order chi connectivity index (χ1) is 18.8. The molecular weight excluding hydrogens is 498 g/mol. The molecule has 2 aromatic carbocycles. The average Bonchev–Trinajstić information content (AvgIpc) is 3.39. The van der Waals surface area contributed by atoms with E-state index in [1.165, 1.54) is 30.3 Å². The zero-order valence-electron chi connectivity index (χ0n) is 22.2. The lowest BCUT2D eigenvalue weighted by Crippen LogP contribution is -2.42. The molecule has 1 aliphatic heterocycles. The molecule has 0 radical (unpaired) electrons. The van der Waals surface area contributed by atoms with Gasteiger partial charge in [-0.15, -0.1) is 0 Å². The minimum atomic E-state index is -2.50. The number of anilines is 1. The molecule has 0 bridgehead atoms. The van der Waals surface area contributed by atoms with Gasteiger partial charge < -0.3 is 15.6 Å². The molecule has 1 saturated heterocycles. The molecule has 3 heterocycles. The van der Waals surface area contributed by atoms with Gasteiger partial charge >= 0.3 is 0 Å². The van der Waals surface area contributed by atoms with Gasteiger partial charge in [-0.05, 0) is 79.4 Å². The average molecular weight is 533 g/mol. The van der Waals surface area contributed by atoms with E-state index in [0.717, 1.165) is 43.1 Å². The van der Waals surface area contributed by atoms with E-state index < -0.39 is 6.43 Å². The molecule has 1 aliphatic rings. The number of piperidine rings is 1. The van der Waals surface area contributed by atoms with Crippen molar-refractivity contribution in [3.8, 4) is 16.8 Å². The van der Waals surface area contributed by atoms with E-state index in [2.05, 4.69) is 49.1 Å². The Hall–Kier alpha value is -3.95. The third-order valence-corrected chi connectivity index (χ3v) is 6.60. The highest BCUT2D eigenvalue weighted by Crippen LogP contribution is 2.26. The van der Waals surface area contributed by atoms with Gasteiger partial charge in [-0.2, -0.15) is 0 Å². The monoisotopic (exact) mass is 532 g/mol. The fourth-order valence-corrected chi connectivity index (χ4v) is 4.66. The molecule has 2 aromatic heterocycles. The fourth-order valence-electron chi connectivity index (χ4n) is 4.66. The number of nitrogens with two attached hydrogens (primary N) is 1. The number of carbonyl (C=O) groups excluding carboxylic acids is 1. The highest BCUT2D eigenvalue weighted by molar-refractivity contribution is 5.76. The van der Waals surface area contributed by atoms with Crippen LogP contribution >= 0.6 is 0 Å². The maximum atomic E-state index is 12.5. The summed E-state index contributed by atoms with van der Waals surface area (Å²) in [5, 5.41) is 3.25. The Morgan fingerprint density at radius 2 is 1.95 bits per heavy atom. The van der Waals surface area contributed by atoms with Gasteiger partial charge in [-0.25, -0.2) is 13.8 Å². The number of aldehydes is 1. The molecule has 7 nitrogen and oxygen atoms in total. The van der Waals surface area contributed by atoms with Crippen LogP contribution in [0.1, 0.15) is 46.6 Å². The van der Waals surface area contributed by atoms with Crippen molar-refractivity contribution in [3.05, 3.63) is 95.8 Å². The van der Waals surface area contributed by atoms with Crippen LogP contribution in [0, 0.1) is 6.92 Å². The van der Waals surface area contributed by atoms with E-state index in [0.29, 0.717) is 23.5 Å². The van der Waals surface area contributed by atoms with E-state index in [-0.39, 0.29) is 11.3 Å². The number of likely N-dealkylation sites (tertiary alicyclic amines) is 1. The first-order valence-electron chi connectivity index (χ1n) is 12.9. The predicted octanol–water partition coefficient (Wildman–Crippen LogP) is 5.64. The minimum absolute atomic E-state index is 0.0352. The lowest BCUT2D eigenvalue weighted by atomic mass is 10.0. The van der Waals surface area contributed by atoms with Crippen molar-refractivity contribution in [1.82, 2.24) is 19.4 Å². The molecule has 1 atom stereocenters. The number of hydrogen-bond donors (Lipinski definition) is 2. The molecule has 0 saturated carbocycles. The number of carbonyl (C=O) groups is 1. The fraction of sp³-hybridized carbons (Fsp3) is 0.300. The third kappa shape index (κ3) is 7.78. The zero-order valence-corrected chi connectivity index (χ0v) is 22.2. The predicted molar refractivity (Wildman–Crippen MR) is 150 cm³/mol. The van der Waals surface area contributed by atoms with E-state index >= 15 is 0 Å². The number of rotatable bonds is 7. The quantitative estimate of drug-likeness (QED) is 0.299. The molecule has 1 fully saturated rings. The minimum Gasteiger partial charge on any atom is -0.388 e. The van der Waals surface area contributed by atoms with Crippen molar-refractivity contribution in [2.75, 3.05) is 25.5 Å². The number of nitrogens with zero attached hydrogens (tertiary/aromatic N) is 4. The molecule has 9 heteroatoms. The van der Waals surface area contributed by atoms with Gasteiger partial charge in [0.1, 0.15) is 5.69 Å². The molecule has 3 N–H and O–H groups in total. The normalized spacial score (nSPS) is 15.5. The molecule has 0 aliphatic carbocycles. The molecular formula is C30H34F2N6O. The Morgan fingerprint density at radius 3 is 2.64 bits per heavy atom. The Bertz CT molecular complexity index is 1390. The van der Waals surface area contributed by atoms with Crippen LogP contribution < -0.4 is 11.1 Å². The summed E-state index contributed by atoms with van der Waals surface area (Å²) in [5.74, 6) is 0. The van der Waals surface area contributed by atoms with Crippen molar-refractivity contribution in [3.63, 3.8) is 0 Å². The van der Waals surface area contributed by atoms with Gasteiger partial charge in [-0.3, -0.25) is 14.7 Å². The van der Waals surface area contributed by atoms with Crippen LogP contribution in [0.15, 0.2) is 73.3 Å².